The van der Waals surface area contributed by atoms with Gasteiger partial charge in [0.2, 0.25) is 0 Å². The number of ether oxygens (including phenoxy) is 1. The van der Waals surface area contributed by atoms with Gasteiger partial charge >= 0.3 is 0 Å². The maximum atomic E-state index is 13.6. The highest BCUT2D eigenvalue weighted by atomic mass is 16.5. The molecule has 1 aromatic carbocycles. The molecule has 1 amide bonds. The number of nitrogens with one attached hydrogen (secondary N) is 2. The van der Waals surface area contributed by atoms with Gasteiger partial charge in [0.05, 0.1) is 23.4 Å². The molecule has 0 radical (unpaired) electrons. The third-order valence-electron chi connectivity index (χ3n) is 5.83. The van der Waals surface area contributed by atoms with Crippen molar-refractivity contribution in [2.24, 2.45) is 5.92 Å². The summed E-state index contributed by atoms with van der Waals surface area (Å²) in [7, 11) is 1.65. The summed E-state index contributed by atoms with van der Waals surface area (Å²) in [5, 5.41) is 10.8. The van der Waals surface area contributed by atoms with Gasteiger partial charge in [-0.15, -0.1) is 0 Å². The van der Waals surface area contributed by atoms with Crippen molar-refractivity contribution in [2.75, 3.05) is 31.2 Å². The summed E-state index contributed by atoms with van der Waals surface area (Å²) in [5.74, 6) is 7.10. The van der Waals surface area contributed by atoms with E-state index in [1.54, 1.807) is 11.6 Å². The zero-order valence-corrected chi connectivity index (χ0v) is 19.3. The number of anilines is 2. The van der Waals surface area contributed by atoms with Gasteiger partial charge in [-0.2, -0.15) is 5.10 Å². The van der Waals surface area contributed by atoms with E-state index in [-0.39, 0.29) is 17.6 Å². The molecule has 8 heteroatoms. The third kappa shape index (κ3) is 4.85. The second-order valence-electron chi connectivity index (χ2n) is 8.57. The number of carbonyl (C=O) groups is 1. The van der Waals surface area contributed by atoms with Crippen molar-refractivity contribution in [3.8, 4) is 11.8 Å². The zero-order chi connectivity index (χ0) is 23.4. The molecule has 1 fully saturated rings. The number of hydrogen-bond acceptors (Lipinski definition) is 6. The van der Waals surface area contributed by atoms with E-state index in [1.165, 1.54) is 6.33 Å². The van der Waals surface area contributed by atoms with E-state index in [1.807, 2.05) is 24.3 Å². The number of nitrogen functional groups attached to an aromatic ring is 1. The van der Waals surface area contributed by atoms with E-state index < -0.39 is 0 Å². The van der Waals surface area contributed by atoms with Crippen LogP contribution in [0, 0.1) is 17.8 Å². The van der Waals surface area contributed by atoms with Crippen molar-refractivity contribution in [1.29, 1.82) is 0 Å². The topological polar surface area (TPSA) is 107 Å². The molecule has 0 aliphatic carbocycles. The normalized spacial score (nSPS) is 14.3. The first-order valence-electron chi connectivity index (χ1n) is 11.3. The van der Waals surface area contributed by atoms with Crippen molar-refractivity contribution >= 4 is 22.9 Å². The predicted molar refractivity (Wildman–Crippen MR) is 129 cm³/mol. The molecule has 0 unspecified atom stereocenters. The second kappa shape index (κ2) is 10.0. The Morgan fingerprint density at radius 1 is 1.30 bits per heavy atom. The smallest absolute Gasteiger partial charge is 0.259 e. The van der Waals surface area contributed by atoms with Crippen LogP contribution in [0.4, 0.5) is 11.5 Å². The Kier molecular flexibility index (Phi) is 6.92. The van der Waals surface area contributed by atoms with E-state index in [2.05, 4.69) is 46.4 Å². The number of piperidine rings is 1. The van der Waals surface area contributed by atoms with Gasteiger partial charge in [0.25, 0.3) is 5.91 Å². The van der Waals surface area contributed by atoms with Crippen LogP contribution >= 0.6 is 0 Å². The molecule has 33 heavy (non-hydrogen) atoms. The van der Waals surface area contributed by atoms with Gasteiger partial charge in [-0.05, 0) is 49.5 Å². The predicted octanol–water partition coefficient (Wildman–Crippen LogP) is 3.18. The quantitative estimate of drug-likeness (QED) is 0.520. The van der Waals surface area contributed by atoms with Crippen LogP contribution in [-0.2, 0) is 11.3 Å². The van der Waals surface area contributed by atoms with Crippen molar-refractivity contribution in [3.05, 3.63) is 53.0 Å². The van der Waals surface area contributed by atoms with Gasteiger partial charge in [-0.3, -0.25) is 4.79 Å². The average Bonchev–Trinajstić information content (AvgIpc) is 3.16. The molecule has 4 rings (SSSR count). The Bertz CT molecular complexity index is 1200. The Labute approximate surface area is 193 Å². The zero-order valence-electron chi connectivity index (χ0n) is 19.3. The molecule has 0 spiro atoms. The lowest BCUT2D eigenvalue weighted by atomic mass is 9.96. The minimum absolute atomic E-state index is 0.0824. The molecule has 0 atom stereocenters. The van der Waals surface area contributed by atoms with Gasteiger partial charge in [-0.1, -0.05) is 37.8 Å². The van der Waals surface area contributed by atoms with Crippen LogP contribution in [0.1, 0.15) is 59.8 Å². The lowest BCUT2D eigenvalue weighted by Crippen LogP contribution is -2.27. The lowest BCUT2D eigenvalue weighted by molar-refractivity contribution is 0.102. The molecule has 172 valence electrons. The SMILES string of the molecule is COCc1ccc(NC(=O)c2c(C#CC3CCNCC3)c(C(C)C)n3ncnc(N)c23)cc1. The average molecular weight is 447 g/mol. The van der Waals surface area contributed by atoms with E-state index in [4.69, 9.17) is 10.5 Å². The molecule has 8 nitrogen and oxygen atoms in total. The maximum absolute atomic E-state index is 13.6. The van der Waals surface area contributed by atoms with Crippen LogP contribution in [0.2, 0.25) is 0 Å². The molecule has 0 bridgehead atoms. The number of hydrogen-bond donors (Lipinski definition) is 3. The Balaban J connectivity index is 1.79. The fraction of sp³-hybridized carbons (Fsp3) is 0.400. The van der Waals surface area contributed by atoms with Crippen LogP contribution in [-0.4, -0.2) is 40.7 Å². The minimum Gasteiger partial charge on any atom is -0.382 e. The second-order valence-corrected chi connectivity index (χ2v) is 8.57. The summed E-state index contributed by atoms with van der Waals surface area (Å²) in [6.45, 7) is 6.55. The number of fused-ring (bicyclic) bond motifs is 1. The Hall–Kier alpha value is -3.41. The number of carbonyl (C=O) groups excluding carboxylic acids is 1. The van der Waals surface area contributed by atoms with Gasteiger partial charge in [0.15, 0.2) is 5.82 Å². The molecular formula is C25H30N6O2. The Morgan fingerprint density at radius 3 is 2.70 bits per heavy atom. The first-order chi connectivity index (χ1) is 16.0. The summed E-state index contributed by atoms with van der Waals surface area (Å²) in [5.41, 5.74) is 10.4. The summed E-state index contributed by atoms with van der Waals surface area (Å²) in [6, 6.07) is 7.56. The number of aromatic nitrogens is 3. The van der Waals surface area contributed by atoms with E-state index >= 15 is 0 Å². The molecule has 3 heterocycles. The Morgan fingerprint density at radius 2 is 2.03 bits per heavy atom. The largest absolute Gasteiger partial charge is 0.382 e. The molecule has 1 saturated heterocycles. The first-order valence-corrected chi connectivity index (χ1v) is 11.3. The molecule has 1 aliphatic heterocycles. The summed E-state index contributed by atoms with van der Waals surface area (Å²) in [6.07, 6.45) is 3.40. The number of methoxy groups -OCH3 is 1. The molecule has 0 saturated carbocycles. The van der Waals surface area contributed by atoms with E-state index in [0.29, 0.717) is 34.9 Å². The van der Waals surface area contributed by atoms with Crippen molar-refractivity contribution in [3.63, 3.8) is 0 Å². The van der Waals surface area contributed by atoms with Crippen LogP contribution in [0.15, 0.2) is 30.6 Å². The summed E-state index contributed by atoms with van der Waals surface area (Å²) >= 11 is 0. The maximum Gasteiger partial charge on any atom is 0.259 e. The minimum atomic E-state index is -0.282. The fourth-order valence-electron chi connectivity index (χ4n) is 4.20. The number of benzene rings is 1. The summed E-state index contributed by atoms with van der Waals surface area (Å²) < 4.78 is 6.88. The van der Waals surface area contributed by atoms with E-state index in [9.17, 15) is 4.79 Å². The van der Waals surface area contributed by atoms with Crippen LogP contribution in [0.5, 0.6) is 0 Å². The fourth-order valence-corrected chi connectivity index (χ4v) is 4.20. The molecule has 1 aliphatic rings. The van der Waals surface area contributed by atoms with Gasteiger partial charge < -0.3 is 21.1 Å². The molecule has 3 aromatic rings. The number of rotatable bonds is 5. The van der Waals surface area contributed by atoms with Gasteiger partial charge in [-0.25, -0.2) is 9.50 Å². The van der Waals surface area contributed by atoms with Crippen molar-refractivity contribution in [1.82, 2.24) is 19.9 Å². The highest BCUT2D eigenvalue weighted by molar-refractivity contribution is 6.13. The number of nitrogens with zero attached hydrogens (tertiary/aromatic N) is 3. The van der Waals surface area contributed by atoms with Crippen molar-refractivity contribution < 1.29 is 9.53 Å². The van der Waals surface area contributed by atoms with Gasteiger partial charge in [0.1, 0.15) is 11.8 Å². The standard InChI is InChI=1S/C25H30N6O2/c1-16(2)22-20(9-6-17-10-12-27-13-11-17)21(23-24(26)28-15-29-31(22)23)25(32)30-19-7-4-18(5-8-19)14-33-3/h4-5,7-8,15-17,27H,10-14H2,1-3H3,(H,30,32)(H2,26,28,29). The molecule has 4 N–H and O–H groups in total. The van der Waals surface area contributed by atoms with Crippen molar-refractivity contribution in [2.45, 2.75) is 39.2 Å². The van der Waals surface area contributed by atoms with E-state index in [0.717, 1.165) is 37.2 Å². The van der Waals surface area contributed by atoms with Crippen LogP contribution < -0.4 is 16.4 Å². The highest BCUT2D eigenvalue weighted by Gasteiger charge is 2.27. The first kappa shape index (κ1) is 22.8. The highest BCUT2D eigenvalue weighted by Crippen LogP contribution is 2.31. The lowest BCUT2D eigenvalue weighted by Gasteiger charge is -2.17. The molecular weight excluding hydrogens is 416 g/mol. The monoisotopic (exact) mass is 446 g/mol. The third-order valence-corrected chi connectivity index (χ3v) is 5.83. The van der Waals surface area contributed by atoms with Crippen LogP contribution in [0.3, 0.4) is 0 Å². The van der Waals surface area contributed by atoms with Crippen LogP contribution in [0.25, 0.3) is 5.52 Å². The number of nitrogens with two attached hydrogens (primary N) is 1. The molecule has 2 aromatic heterocycles. The number of amides is 1. The van der Waals surface area contributed by atoms with Gasteiger partial charge in [0, 0.05) is 18.7 Å². The summed E-state index contributed by atoms with van der Waals surface area (Å²) in [4.78, 5) is 17.7.